The van der Waals surface area contributed by atoms with Crippen molar-refractivity contribution in [3.05, 3.63) is 47.7 Å². The average Bonchev–Trinajstić information content (AvgIpc) is 2.67. The van der Waals surface area contributed by atoms with Crippen LogP contribution in [0.1, 0.15) is 24.0 Å². The molecule has 0 saturated carbocycles. The van der Waals surface area contributed by atoms with E-state index in [1.807, 2.05) is 32.1 Å². The Kier molecular flexibility index (Phi) is 6.07. The van der Waals surface area contributed by atoms with Crippen LogP contribution >= 0.6 is 0 Å². The third-order valence-electron chi connectivity index (χ3n) is 5.08. The smallest absolute Gasteiger partial charge is 0.355 e. The first-order chi connectivity index (χ1) is 13.2. The summed E-state index contributed by atoms with van der Waals surface area (Å²) in [5.74, 6) is 1.51. The van der Waals surface area contributed by atoms with E-state index in [4.69, 9.17) is 0 Å². The zero-order valence-corrected chi connectivity index (χ0v) is 16.4. The van der Waals surface area contributed by atoms with Crippen LogP contribution in [0.5, 0.6) is 0 Å². The van der Waals surface area contributed by atoms with Crippen LogP contribution in [0, 0.1) is 0 Å². The number of hydrogen-bond donors (Lipinski definition) is 0. The highest BCUT2D eigenvalue weighted by molar-refractivity contribution is 5.43. The second-order valence-electron chi connectivity index (χ2n) is 7.45. The highest BCUT2D eigenvalue weighted by Crippen LogP contribution is 2.30. The Balaban J connectivity index is 1.68. The molecule has 0 spiro atoms. The van der Waals surface area contributed by atoms with Crippen molar-refractivity contribution in [3.8, 4) is 0 Å². The SMILES string of the molecule is CN(C)c1nccc(N(C)C2CCCN(Cc3cccc(C(F)(F)F)c3)C2)n1. The highest BCUT2D eigenvalue weighted by Gasteiger charge is 2.31. The molecule has 0 bridgehead atoms. The minimum atomic E-state index is -4.31. The lowest BCUT2D eigenvalue weighted by Crippen LogP contribution is -2.46. The fourth-order valence-electron chi connectivity index (χ4n) is 3.53. The monoisotopic (exact) mass is 393 g/mol. The number of anilines is 2. The molecule has 1 saturated heterocycles. The lowest BCUT2D eigenvalue weighted by molar-refractivity contribution is -0.137. The van der Waals surface area contributed by atoms with Gasteiger partial charge in [-0.25, -0.2) is 4.98 Å². The van der Waals surface area contributed by atoms with Gasteiger partial charge < -0.3 is 9.80 Å². The zero-order chi connectivity index (χ0) is 20.3. The molecule has 2 heterocycles. The van der Waals surface area contributed by atoms with Gasteiger partial charge in [-0.1, -0.05) is 18.2 Å². The summed E-state index contributed by atoms with van der Waals surface area (Å²) in [6, 6.07) is 7.75. The van der Waals surface area contributed by atoms with Crippen molar-refractivity contribution < 1.29 is 13.2 Å². The lowest BCUT2D eigenvalue weighted by Gasteiger charge is -2.38. The van der Waals surface area contributed by atoms with E-state index in [0.717, 1.165) is 37.8 Å². The van der Waals surface area contributed by atoms with E-state index in [-0.39, 0.29) is 6.04 Å². The number of likely N-dealkylation sites (N-methyl/N-ethyl adjacent to an activating group) is 1. The van der Waals surface area contributed by atoms with Gasteiger partial charge in [-0.05, 0) is 37.1 Å². The summed E-state index contributed by atoms with van der Waals surface area (Å²) in [7, 11) is 5.81. The molecule has 0 aliphatic carbocycles. The molecule has 1 unspecified atom stereocenters. The molecule has 0 radical (unpaired) electrons. The molecule has 1 aromatic heterocycles. The Morgan fingerprint density at radius 2 is 1.96 bits per heavy atom. The molecule has 1 aliphatic rings. The van der Waals surface area contributed by atoms with Crippen molar-refractivity contribution in [3.63, 3.8) is 0 Å². The normalized spacial score (nSPS) is 18.1. The van der Waals surface area contributed by atoms with E-state index in [1.165, 1.54) is 12.1 Å². The van der Waals surface area contributed by atoms with Crippen LogP contribution in [-0.2, 0) is 12.7 Å². The van der Waals surface area contributed by atoms with E-state index in [9.17, 15) is 13.2 Å². The number of hydrogen-bond acceptors (Lipinski definition) is 5. The molecule has 2 aromatic rings. The zero-order valence-electron chi connectivity index (χ0n) is 16.4. The summed E-state index contributed by atoms with van der Waals surface area (Å²) in [5, 5.41) is 0. The maximum atomic E-state index is 13.0. The predicted octanol–water partition coefficient (Wildman–Crippen LogP) is 3.66. The number of halogens is 3. The number of alkyl halides is 3. The van der Waals surface area contributed by atoms with E-state index >= 15 is 0 Å². The van der Waals surface area contributed by atoms with Crippen LogP contribution in [0.25, 0.3) is 0 Å². The summed E-state index contributed by atoms with van der Waals surface area (Å²) in [5.41, 5.74) is 0.0999. The van der Waals surface area contributed by atoms with E-state index < -0.39 is 11.7 Å². The molecule has 28 heavy (non-hydrogen) atoms. The first-order valence-electron chi connectivity index (χ1n) is 9.36. The molecule has 3 rings (SSSR count). The van der Waals surface area contributed by atoms with Crippen molar-refractivity contribution in [2.45, 2.75) is 31.6 Å². The van der Waals surface area contributed by atoms with Gasteiger partial charge >= 0.3 is 6.18 Å². The Morgan fingerprint density at radius 3 is 2.68 bits per heavy atom. The average molecular weight is 393 g/mol. The molecule has 1 aromatic carbocycles. The second-order valence-corrected chi connectivity index (χ2v) is 7.45. The van der Waals surface area contributed by atoms with Gasteiger partial charge in [-0.3, -0.25) is 4.90 Å². The Hall–Kier alpha value is -2.35. The van der Waals surface area contributed by atoms with Crippen LogP contribution in [0.2, 0.25) is 0 Å². The fraction of sp³-hybridized carbons (Fsp3) is 0.500. The summed E-state index contributed by atoms with van der Waals surface area (Å²) < 4.78 is 38.9. The van der Waals surface area contributed by atoms with Crippen LogP contribution in [0.15, 0.2) is 36.5 Å². The van der Waals surface area contributed by atoms with E-state index in [1.54, 1.807) is 12.3 Å². The third-order valence-corrected chi connectivity index (χ3v) is 5.08. The Labute approximate surface area is 163 Å². The fourth-order valence-corrected chi connectivity index (χ4v) is 3.53. The molecule has 8 heteroatoms. The number of likely N-dealkylation sites (tertiary alicyclic amines) is 1. The van der Waals surface area contributed by atoms with Gasteiger partial charge in [0.2, 0.25) is 5.95 Å². The van der Waals surface area contributed by atoms with Crippen LogP contribution in [0.4, 0.5) is 24.9 Å². The molecule has 152 valence electrons. The van der Waals surface area contributed by atoms with Gasteiger partial charge in [-0.15, -0.1) is 0 Å². The van der Waals surface area contributed by atoms with Crippen LogP contribution < -0.4 is 9.80 Å². The van der Waals surface area contributed by atoms with Crippen molar-refractivity contribution in [2.24, 2.45) is 0 Å². The van der Waals surface area contributed by atoms with Crippen LogP contribution in [0.3, 0.4) is 0 Å². The van der Waals surface area contributed by atoms with Gasteiger partial charge in [-0.2, -0.15) is 18.2 Å². The van der Waals surface area contributed by atoms with Crippen LogP contribution in [-0.4, -0.2) is 55.1 Å². The standard InChI is InChI=1S/C20H26F3N5/c1-26(2)19-24-10-9-18(25-19)27(3)17-8-5-11-28(14-17)13-15-6-4-7-16(12-15)20(21,22)23/h4,6-7,9-10,12,17H,5,8,11,13-14H2,1-3H3. The minimum Gasteiger partial charge on any atom is -0.355 e. The maximum Gasteiger partial charge on any atom is 0.416 e. The predicted molar refractivity (Wildman–Crippen MR) is 105 cm³/mol. The third kappa shape index (κ3) is 4.92. The number of rotatable bonds is 5. The van der Waals surface area contributed by atoms with Gasteiger partial charge in [0.25, 0.3) is 0 Å². The van der Waals surface area contributed by atoms with E-state index in [2.05, 4.69) is 19.8 Å². The molecule has 1 atom stereocenters. The quantitative estimate of drug-likeness (QED) is 0.775. The maximum absolute atomic E-state index is 13.0. The number of benzene rings is 1. The van der Waals surface area contributed by atoms with Crippen molar-refractivity contribution in [1.82, 2.24) is 14.9 Å². The minimum absolute atomic E-state index is 0.254. The largest absolute Gasteiger partial charge is 0.416 e. The number of nitrogens with zero attached hydrogens (tertiary/aromatic N) is 5. The summed E-state index contributed by atoms with van der Waals surface area (Å²) in [6.45, 7) is 2.18. The molecule has 0 amide bonds. The molecular weight excluding hydrogens is 367 g/mol. The highest BCUT2D eigenvalue weighted by atomic mass is 19.4. The van der Waals surface area contributed by atoms with Gasteiger partial charge in [0.1, 0.15) is 5.82 Å². The van der Waals surface area contributed by atoms with Gasteiger partial charge in [0, 0.05) is 46.5 Å². The molecule has 5 nitrogen and oxygen atoms in total. The molecular formula is C20H26F3N5. The second kappa shape index (κ2) is 8.34. The van der Waals surface area contributed by atoms with Crippen molar-refractivity contribution >= 4 is 11.8 Å². The van der Waals surface area contributed by atoms with E-state index in [0.29, 0.717) is 18.1 Å². The first-order valence-corrected chi connectivity index (χ1v) is 9.36. The Morgan fingerprint density at radius 1 is 1.18 bits per heavy atom. The van der Waals surface area contributed by atoms with Gasteiger partial charge in [0.15, 0.2) is 0 Å². The van der Waals surface area contributed by atoms with Gasteiger partial charge in [0.05, 0.1) is 5.56 Å². The lowest BCUT2D eigenvalue weighted by atomic mass is 10.0. The molecule has 1 fully saturated rings. The number of aromatic nitrogens is 2. The van der Waals surface area contributed by atoms with Crippen molar-refractivity contribution in [1.29, 1.82) is 0 Å². The topological polar surface area (TPSA) is 35.5 Å². The van der Waals surface area contributed by atoms with Crippen molar-refractivity contribution in [2.75, 3.05) is 44.0 Å². The Bertz CT molecular complexity index is 793. The summed E-state index contributed by atoms with van der Waals surface area (Å²) in [4.78, 5) is 15.1. The summed E-state index contributed by atoms with van der Waals surface area (Å²) >= 11 is 0. The molecule has 1 aliphatic heterocycles. The molecule has 0 N–H and O–H groups in total. The number of piperidine rings is 1. The summed E-state index contributed by atoms with van der Waals surface area (Å²) in [6.07, 6.45) is -0.536. The first kappa shape index (κ1) is 20.4.